The third kappa shape index (κ3) is 4.11. The summed E-state index contributed by atoms with van der Waals surface area (Å²) in [7, 11) is 4.05. The molecule has 7 nitrogen and oxygen atoms in total. The van der Waals surface area contributed by atoms with E-state index in [2.05, 4.69) is 16.3 Å². The molecule has 2 aromatic heterocycles. The number of rotatable bonds is 7. The average molecular weight is 496 g/mol. The van der Waals surface area contributed by atoms with E-state index in [1.165, 1.54) is 12.1 Å². The summed E-state index contributed by atoms with van der Waals surface area (Å²) < 4.78 is 41.5. The molecular weight excluding hydrogens is 467 g/mol. The number of hydrogen-bond donors (Lipinski definition) is 1. The van der Waals surface area contributed by atoms with Crippen molar-refractivity contribution in [2.24, 2.45) is 0 Å². The lowest BCUT2D eigenvalue weighted by Gasteiger charge is -2.42. The van der Waals surface area contributed by atoms with Crippen LogP contribution in [0.5, 0.6) is 0 Å². The van der Waals surface area contributed by atoms with Gasteiger partial charge in [-0.25, -0.2) is 18.2 Å². The lowest BCUT2D eigenvalue weighted by atomic mass is 9.95. The highest BCUT2D eigenvalue weighted by Gasteiger charge is 2.46. The molecule has 1 atom stereocenters. The number of aromatic nitrogens is 3. The molecule has 1 N–H and O–H groups in total. The van der Waals surface area contributed by atoms with E-state index >= 15 is 0 Å². The van der Waals surface area contributed by atoms with Gasteiger partial charge in [0.1, 0.15) is 11.6 Å². The molecule has 3 aromatic rings. The maximum absolute atomic E-state index is 14.9. The highest BCUT2D eigenvalue weighted by molar-refractivity contribution is 5.89. The molecule has 10 heteroatoms. The molecule has 36 heavy (non-hydrogen) atoms. The van der Waals surface area contributed by atoms with E-state index in [0.717, 1.165) is 43.3 Å². The van der Waals surface area contributed by atoms with Crippen LogP contribution in [-0.4, -0.2) is 53.1 Å². The quantitative estimate of drug-likeness (QED) is 0.500. The molecule has 2 aliphatic rings. The van der Waals surface area contributed by atoms with Gasteiger partial charge in [-0.05, 0) is 52.4 Å². The summed E-state index contributed by atoms with van der Waals surface area (Å²) in [6.45, 7) is 5.09. The van der Waals surface area contributed by atoms with E-state index in [4.69, 9.17) is 15.0 Å². The molecule has 1 saturated carbocycles. The molecule has 1 aromatic carbocycles. The van der Waals surface area contributed by atoms with Gasteiger partial charge in [-0.15, -0.1) is 0 Å². The monoisotopic (exact) mass is 495 g/mol. The minimum atomic E-state index is -2.91. The molecule has 0 bridgehead atoms. The fourth-order valence-corrected chi connectivity index (χ4v) is 4.73. The summed E-state index contributed by atoms with van der Waals surface area (Å²) in [5, 5.41) is 13.6. The van der Waals surface area contributed by atoms with Crippen LogP contribution in [0.3, 0.4) is 0 Å². The summed E-state index contributed by atoms with van der Waals surface area (Å²) >= 11 is 0. The number of benzene rings is 1. The first-order valence-electron chi connectivity index (χ1n) is 12.0. The van der Waals surface area contributed by atoms with Gasteiger partial charge in [0.2, 0.25) is 5.95 Å². The van der Waals surface area contributed by atoms with Gasteiger partial charge in [0.15, 0.2) is 5.65 Å². The van der Waals surface area contributed by atoms with Crippen molar-refractivity contribution in [3.05, 3.63) is 52.5 Å². The lowest BCUT2D eigenvalue weighted by Crippen LogP contribution is -2.58. The third-order valence-corrected chi connectivity index (χ3v) is 7.33. The van der Waals surface area contributed by atoms with E-state index in [9.17, 15) is 18.4 Å². The SMILES string of the molecule is Cc1nc2nc(N3CC(N(C)C)C3)nc(N[C@H](C)c3cccc(C(F)F)c3F)c2cc1C1(C#N)CC1. The topological polar surface area (TPSA) is 81.0 Å². The predicted octanol–water partition coefficient (Wildman–Crippen LogP) is 4.89. The zero-order valence-electron chi connectivity index (χ0n) is 20.7. The van der Waals surface area contributed by atoms with Crippen LogP contribution in [0.25, 0.3) is 11.0 Å². The maximum Gasteiger partial charge on any atom is 0.266 e. The number of hydrogen-bond acceptors (Lipinski definition) is 7. The number of fused-ring (bicyclic) bond motifs is 1. The second-order valence-corrected chi connectivity index (χ2v) is 10.00. The van der Waals surface area contributed by atoms with Crippen molar-refractivity contribution >= 4 is 22.8 Å². The second-order valence-electron chi connectivity index (χ2n) is 10.00. The number of aryl methyl sites for hydroxylation is 1. The Kier molecular flexibility index (Phi) is 5.99. The highest BCUT2D eigenvalue weighted by Crippen LogP contribution is 2.49. The number of nitrogens with zero attached hydrogens (tertiary/aromatic N) is 6. The minimum Gasteiger partial charge on any atom is -0.363 e. The van der Waals surface area contributed by atoms with E-state index in [0.29, 0.717) is 28.8 Å². The Bertz CT molecular complexity index is 1360. The van der Waals surface area contributed by atoms with Gasteiger partial charge < -0.3 is 15.1 Å². The van der Waals surface area contributed by atoms with Crippen LogP contribution >= 0.6 is 0 Å². The Hall–Kier alpha value is -3.45. The van der Waals surface area contributed by atoms with Crippen LogP contribution in [0, 0.1) is 24.1 Å². The van der Waals surface area contributed by atoms with Crippen molar-refractivity contribution < 1.29 is 13.2 Å². The minimum absolute atomic E-state index is 0.119. The van der Waals surface area contributed by atoms with E-state index < -0.39 is 29.3 Å². The molecule has 1 aliphatic carbocycles. The predicted molar refractivity (Wildman–Crippen MR) is 132 cm³/mol. The van der Waals surface area contributed by atoms with Gasteiger partial charge in [0.25, 0.3) is 6.43 Å². The summed E-state index contributed by atoms with van der Waals surface area (Å²) in [5.74, 6) is -0.00274. The number of alkyl halides is 2. The van der Waals surface area contributed by atoms with E-state index in [1.54, 1.807) is 6.92 Å². The van der Waals surface area contributed by atoms with E-state index in [1.807, 2.05) is 32.0 Å². The van der Waals surface area contributed by atoms with Crippen LogP contribution in [0.15, 0.2) is 24.3 Å². The van der Waals surface area contributed by atoms with Crippen LogP contribution in [0.2, 0.25) is 0 Å². The number of nitrogens with one attached hydrogen (secondary N) is 1. The van der Waals surface area contributed by atoms with Crippen molar-refractivity contribution in [2.75, 3.05) is 37.4 Å². The zero-order chi connectivity index (χ0) is 25.8. The van der Waals surface area contributed by atoms with E-state index in [-0.39, 0.29) is 5.56 Å². The fourth-order valence-electron chi connectivity index (χ4n) is 4.73. The number of pyridine rings is 1. The first kappa shape index (κ1) is 24.3. The summed E-state index contributed by atoms with van der Waals surface area (Å²) in [4.78, 5) is 18.4. The van der Waals surface area contributed by atoms with Crippen LogP contribution in [0.1, 0.15) is 54.6 Å². The van der Waals surface area contributed by atoms with Crippen molar-refractivity contribution in [1.29, 1.82) is 5.26 Å². The Labute approximate surface area is 208 Å². The Morgan fingerprint density at radius 3 is 2.47 bits per heavy atom. The fraction of sp³-hybridized carbons (Fsp3) is 0.462. The lowest BCUT2D eigenvalue weighted by molar-refractivity contribution is 0.146. The van der Waals surface area contributed by atoms with Gasteiger partial charge in [-0.2, -0.15) is 15.2 Å². The molecule has 2 fully saturated rings. The first-order valence-corrected chi connectivity index (χ1v) is 12.0. The number of nitriles is 1. The summed E-state index contributed by atoms with van der Waals surface area (Å²) in [6, 6.07) is 8.05. The van der Waals surface area contributed by atoms with Crippen molar-refractivity contribution in [3.63, 3.8) is 0 Å². The largest absolute Gasteiger partial charge is 0.363 e. The van der Waals surface area contributed by atoms with Gasteiger partial charge in [0.05, 0.1) is 28.5 Å². The molecule has 5 rings (SSSR count). The van der Waals surface area contributed by atoms with Crippen LogP contribution in [-0.2, 0) is 5.41 Å². The molecule has 0 amide bonds. The van der Waals surface area contributed by atoms with Crippen molar-refractivity contribution in [1.82, 2.24) is 19.9 Å². The van der Waals surface area contributed by atoms with Gasteiger partial charge >= 0.3 is 0 Å². The van der Waals surface area contributed by atoms with Crippen LogP contribution < -0.4 is 10.2 Å². The second kappa shape index (κ2) is 8.89. The third-order valence-electron chi connectivity index (χ3n) is 7.33. The molecule has 3 heterocycles. The first-order chi connectivity index (χ1) is 17.1. The smallest absolute Gasteiger partial charge is 0.266 e. The maximum atomic E-state index is 14.9. The molecule has 1 aliphatic heterocycles. The Morgan fingerprint density at radius 1 is 1.17 bits per heavy atom. The highest BCUT2D eigenvalue weighted by atomic mass is 19.3. The molecule has 0 spiro atoms. The normalized spacial score (nSPS) is 17.8. The number of likely N-dealkylation sites (N-methyl/N-ethyl adjacent to an activating group) is 1. The molecule has 1 saturated heterocycles. The molecular formula is C26H28F3N7. The zero-order valence-corrected chi connectivity index (χ0v) is 20.7. The van der Waals surface area contributed by atoms with Gasteiger partial charge in [-0.1, -0.05) is 18.2 Å². The number of anilines is 2. The Morgan fingerprint density at radius 2 is 1.86 bits per heavy atom. The number of halogens is 3. The molecule has 0 unspecified atom stereocenters. The van der Waals surface area contributed by atoms with Gasteiger partial charge in [-0.3, -0.25) is 0 Å². The molecule has 0 radical (unpaired) electrons. The average Bonchev–Trinajstić information content (AvgIpc) is 3.58. The van der Waals surface area contributed by atoms with Crippen LogP contribution in [0.4, 0.5) is 24.9 Å². The summed E-state index contributed by atoms with van der Waals surface area (Å²) in [5.41, 5.74) is 0.992. The van der Waals surface area contributed by atoms with Crippen molar-refractivity contribution in [2.45, 2.75) is 50.6 Å². The molecule has 188 valence electrons. The summed E-state index contributed by atoms with van der Waals surface area (Å²) in [6.07, 6.45) is -1.38. The van der Waals surface area contributed by atoms with Gasteiger partial charge in [0, 0.05) is 30.4 Å². The van der Waals surface area contributed by atoms with Crippen molar-refractivity contribution in [3.8, 4) is 6.07 Å². The standard InChI is InChI=1S/C26H28F3N7/c1-14(17-6-5-7-18(21(17)27)22(28)29)31-23-19-10-20(26(13-30)8-9-26)15(2)32-24(19)34-25(33-23)36-11-16(12-36)35(3)4/h5-7,10,14,16,22H,8-9,11-12H2,1-4H3,(H,31,32,33,34)/t14-/m1/s1. The Balaban J connectivity index is 1.58.